The van der Waals surface area contributed by atoms with Crippen LogP contribution < -0.4 is 0 Å². The van der Waals surface area contributed by atoms with Crippen molar-refractivity contribution in [2.45, 2.75) is 19.4 Å². The Hall–Kier alpha value is -3.05. The van der Waals surface area contributed by atoms with E-state index in [0.717, 1.165) is 48.6 Å². The van der Waals surface area contributed by atoms with E-state index in [4.69, 9.17) is 4.98 Å². The van der Waals surface area contributed by atoms with E-state index in [1.54, 1.807) is 0 Å². The predicted molar refractivity (Wildman–Crippen MR) is 110 cm³/mol. The number of benzene rings is 1. The van der Waals surface area contributed by atoms with Crippen molar-refractivity contribution in [1.82, 2.24) is 24.4 Å². The number of aromatic nitrogens is 4. The summed E-state index contributed by atoms with van der Waals surface area (Å²) in [5, 5.41) is 0. The first-order valence-electron chi connectivity index (χ1n) is 9.86. The maximum absolute atomic E-state index is 4.91. The zero-order valence-electron chi connectivity index (χ0n) is 15.8. The Balaban J connectivity index is 1.38. The van der Waals surface area contributed by atoms with E-state index < -0.39 is 0 Å². The molecule has 5 heteroatoms. The molecule has 3 aromatic heterocycles. The van der Waals surface area contributed by atoms with Crippen molar-refractivity contribution in [2.75, 3.05) is 13.1 Å². The SMILES string of the molecule is c1ccc(-n2c(CN3CCC(Cc4ccccn4)C3)nc3cnccc32)cc1. The highest BCUT2D eigenvalue weighted by molar-refractivity contribution is 5.77. The lowest BCUT2D eigenvalue weighted by molar-refractivity contribution is 0.307. The van der Waals surface area contributed by atoms with E-state index in [-0.39, 0.29) is 0 Å². The number of rotatable bonds is 5. The van der Waals surface area contributed by atoms with E-state index in [9.17, 15) is 0 Å². The van der Waals surface area contributed by atoms with Crippen molar-refractivity contribution in [3.8, 4) is 5.69 Å². The van der Waals surface area contributed by atoms with Gasteiger partial charge in [-0.1, -0.05) is 24.3 Å². The number of imidazole rings is 1. The minimum absolute atomic E-state index is 0.658. The van der Waals surface area contributed by atoms with Crippen molar-refractivity contribution in [1.29, 1.82) is 0 Å². The smallest absolute Gasteiger partial charge is 0.128 e. The van der Waals surface area contributed by atoms with Gasteiger partial charge in [-0.05, 0) is 55.6 Å². The number of fused-ring (bicyclic) bond motifs is 1. The third kappa shape index (κ3) is 3.41. The van der Waals surface area contributed by atoms with Crippen molar-refractivity contribution < 1.29 is 0 Å². The summed E-state index contributed by atoms with van der Waals surface area (Å²) in [6.07, 6.45) is 7.84. The molecule has 1 atom stereocenters. The fourth-order valence-corrected chi connectivity index (χ4v) is 4.19. The molecule has 0 radical (unpaired) electrons. The van der Waals surface area contributed by atoms with Crippen LogP contribution in [-0.2, 0) is 13.0 Å². The normalized spacial score (nSPS) is 17.4. The fraction of sp³-hybridized carbons (Fsp3) is 0.261. The third-order valence-corrected chi connectivity index (χ3v) is 5.50. The highest BCUT2D eigenvalue weighted by Gasteiger charge is 2.25. The lowest BCUT2D eigenvalue weighted by atomic mass is 10.0. The molecule has 1 aliphatic rings. The molecular formula is C23H23N5. The molecule has 0 spiro atoms. The van der Waals surface area contributed by atoms with Gasteiger partial charge in [-0.3, -0.25) is 19.4 Å². The maximum Gasteiger partial charge on any atom is 0.128 e. The van der Waals surface area contributed by atoms with Gasteiger partial charge in [0.25, 0.3) is 0 Å². The van der Waals surface area contributed by atoms with Gasteiger partial charge in [0.1, 0.15) is 11.3 Å². The lowest BCUT2D eigenvalue weighted by Gasteiger charge is -2.17. The molecule has 5 nitrogen and oxygen atoms in total. The Morgan fingerprint density at radius 2 is 1.86 bits per heavy atom. The molecule has 1 aliphatic heterocycles. The van der Waals surface area contributed by atoms with Gasteiger partial charge in [0.05, 0.1) is 18.3 Å². The van der Waals surface area contributed by atoms with Crippen LogP contribution in [0.15, 0.2) is 73.2 Å². The van der Waals surface area contributed by atoms with E-state index in [0.29, 0.717) is 5.92 Å². The highest BCUT2D eigenvalue weighted by Crippen LogP contribution is 2.25. The summed E-state index contributed by atoms with van der Waals surface area (Å²) in [5.74, 6) is 1.74. The van der Waals surface area contributed by atoms with E-state index >= 15 is 0 Å². The van der Waals surface area contributed by atoms with Crippen molar-refractivity contribution in [3.05, 3.63) is 84.7 Å². The molecule has 28 heavy (non-hydrogen) atoms. The van der Waals surface area contributed by atoms with E-state index in [2.05, 4.69) is 55.8 Å². The van der Waals surface area contributed by atoms with Gasteiger partial charge >= 0.3 is 0 Å². The topological polar surface area (TPSA) is 46.8 Å². The average Bonchev–Trinajstić information content (AvgIpc) is 3.33. The monoisotopic (exact) mass is 369 g/mol. The van der Waals surface area contributed by atoms with Gasteiger partial charge < -0.3 is 0 Å². The second-order valence-corrected chi connectivity index (χ2v) is 7.48. The summed E-state index contributed by atoms with van der Waals surface area (Å²) < 4.78 is 2.27. The van der Waals surface area contributed by atoms with Crippen LogP contribution in [0, 0.1) is 5.92 Å². The molecule has 140 valence electrons. The fourth-order valence-electron chi connectivity index (χ4n) is 4.19. The molecule has 0 aliphatic carbocycles. The minimum Gasteiger partial charge on any atom is -0.296 e. The van der Waals surface area contributed by atoms with Crippen LogP contribution in [0.1, 0.15) is 17.9 Å². The number of hydrogen-bond acceptors (Lipinski definition) is 4. The summed E-state index contributed by atoms with van der Waals surface area (Å²) in [6.45, 7) is 3.04. The molecule has 0 N–H and O–H groups in total. The zero-order chi connectivity index (χ0) is 18.8. The number of nitrogens with zero attached hydrogens (tertiary/aromatic N) is 5. The van der Waals surface area contributed by atoms with Crippen LogP contribution in [0.5, 0.6) is 0 Å². The Morgan fingerprint density at radius 3 is 2.71 bits per heavy atom. The Bertz CT molecular complexity index is 1060. The Kier molecular flexibility index (Phi) is 4.59. The number of likely N-dealkylation sites (tertiary alicyclic amines) is 1. The molecule has 1 fully saturated rings. The molecule has 4 heterocycles. The molecular weight excluding hydrogens is 346 g/mol. The lowest BCUT2D eigenvalue weighted by Crippen LogP contribution is -2.22. The number of pyridine rings is 2. The van der Waals surface area contributed by atoms with Gasteiger partial charge in [-0.2, -0.15) is 0 Å². The van der Waals surface area contributed by atoms with E-state index in [1.807, 2.05) is 36.8 Å². The second-order valence-electron chi connectivity index (χ2n) is 7.48. The molecule has 1 unspecified atom stereocenters. The molecule has 4 aromatic rings. The molecule has 0 amide bonds. The summed E-state index contributed by atoms with van der Waals surface area (Å²) >= 11 is 0. The highest BCUT2D eigenvalue weighted by atomic mass is 15.2. The van der Waals surface area contributed by atoms with Gasteiger partial charge in [-0.25, -0.2) is 4.98 Å². The van der Waals surface area contributed by atoms with Gasteiger partial charge in [0, 0.05) is 30.3 Å². The van der Waals surface area contributed by atoms with Crippen LogP contribution in [0.25, 0.3) is 16.7 Å². The largest absolute Gasteiger partial charge is 0.296 e. The zero-order valence-corrected chi connectivity index (χ0v) is 15.8. The van der Waals surface area contributed by atoms with Crippen LogP contribution in [0.2, 0.25) is 0 Å². The third-order valence-electron chi connectivity index (χ3n) is 5.50. The number of hydrogen-bond donors (Lipinski definition) is 0. The summed E-state index contributed by atoms with van der Waals surface area (Å²) in [5.41, 5.74) is 4.40. The summed E-state index contributed by atoms with van der Waals surface area (Å²) in [7, 11) is 0. The van der Waals surface area contributed by atoms with Crippen LogP contribution in [-0.4, -0.2) is 37.5 Å². The predicted octanol–water partition coefficient (Wildman–Crippen LogP) is 3.88. The first-order chi connectivity index (χ1) is 13.9. The second kappa shape index (κ2) is 7.52. The van der Waals surface area contributed by atoms with Crippen molar-refractivity contribution in [3.63, 3.8) is 0 Å². The van der Waals surface area contributed by atoms with Gasteiger partial charge in [0.15, 0.2) is 0 Å². The van der Waals surface area contributed by atoms with Gasteiger partial charge in [0.2, 0.25) is 0 Å². The number of para-hydroxylation sites is 1. The van der Waals surface area contributed by atoms with Crippen LogP contribution in [0.3, 0.4) is 0 Å². The molecule has 0 saturated carbocycles. The standard InChI is InChI=1S/C23H23N5/c1-2-7-20(8-3-1)28-22-9-12-24-15-21(22)26-23(28)17-27-13-10-18(16-27)14-19-6-4-5-11-25-19/h1-9,11-12,15,18H,10,13-14,16-17H2. The average molecular weight is 369 g/mol. The van der Waals surface area contributed by atoms with Crippen molar-refractivity contribution >= 4 is 11.0 Å². The summed E-state index contributed by atoms with van der Waals surface area (Å²) in [4.78, 5) is 16.2. The van der Waals surface area contributed by atoms with Crippen LogP contribution in [0.4, 0.5) is 0 Å². The minimum atomic E-state index is 0.658. The molecule has 0 bridgehead atoms. The first kappa shape index (κ1) is 17.1. The van der Waals surface area contributed by atoms with Crippen LogP contribution >= 0.6 is 0 Å². The Morgan fingerprint density at radius 1 is 0.964 bits per heavy atom. The Labute approximate surface area is 164 Å². The quantitative estimate of drug-likeness (QED) is 0.536. The maximum atomic E-state index is 4.91. The first-order valence-corrected chi connectivity index (χ1v) is 9.86. The molecule has 5 rings (SSSR count). The van der Waals surface area contributed by atoms with Gasteiger partial charge in [-0.15, -0.1) is 0 Å². The summed E-state index contributed by atoms with van der Waals surface area (Å²) in [6, 6.07) is 18.7. The van der Waals surface area contributed by atoms with E-state index in [1.165, 1.54) is 12.1 Å². The molecule has 1 saturated heterocycles. The van der Waals surface area contributed by atoms with Crippen molar-refractivity contribution in [2.24, 2.45) is 5.92 Å². The molecule has 1 aromatic carbocycles.